The molecule has 17 heavy (non-hydrogen) atoms. The van der Waals surface area contributed by atoms with E-state index in [9.17, 15) is 5.11 Å². The van der Waals surface area contributed by atoms with Crippen molar-refractivity contribution >= 4 is 15.9 Å². The van der Waals surface area contributed by atoms with Crippen LogP contribution in [0.4, 0.5) is 0 Å². The highest BCUT2D eigenvalue weighted by molar-refractivity contribution is 9.10. The Kier molecular flexibility index (Phi) is 4.42. The highest BCUT2D eigenvalue weighted by Gasteiger charge is 2.25. The standard InChI is InChI=1S/C13H17BrO3/c1-2-16-11-6-5-9(8-10(11)14)13(15)12-4-3-7-17-12/h5-6,8,12-13,15H,2-4,7H2,1H3. The first-order chi connectivity index (χ1) is 8.22. The van der Waals surface area contributed by atoms with E-state index < -0.39 is 6.10 Å². The van der Waals surface area contributed by atoms with E-state index in [-0.39, 0.29) is 6.10 Å². The highest BCUT2D eigenvalue weighted by Crippen LogP contribution is 2.32. The van der Waals surface area contributed by atoms with E-state index in [1.54, 1.807) is 0 Å². The molecule has 1 saturated heterocycles. The number of halogens is 1. The van der Waals surface area contributed by atoms with Gasteiger partial charge in [0.05, 0.1) is 17.2 Å². The molecule has 94 valence electrons. The van der Waals surface area contributed by atoms with Gasteiger partial charge in [-0.05, 0) is 53.4 Å². The fourth-order valence-corrected chi connectivity index (χ4v) is 2.55. The quantitative estimate of drug-likeness (QED) is 0.929. The van der Waals surface area contributed by atoms with Crippen LogP contribution in [0.15, 0.2) is 22.7 Å². The third-order valence-corrected chi connectivity index (χ3v) is 3.53. The van der Waals surface area contributed by atoms with Crippen molar-refractivity contribution in [2.45, 2.75) is 32.0 Å². The fourth-order valence-electron chi connectivity index (χ4n) is 2.04. The highest BCUT2D eigenvalue weighted by atomic mass is 79.9. The summed E-state index contributed by atoms with van der Waals surface area (Å²) in [5.41, 5.74) is 0.868. The summed E-state index contributed by atoms with van der Waals surface area (Å²) >= 11 is 3.45. The van der Waals surface area contributed by atoms with Crippen molar-refractivity contribution < 1.29 is 14.6 Å². The Labute approximate surface area is 110 Å². The summed E-state index contributed by atoms with van der Waals surface area (Å²) in [6, 6.07) is 5.67. The average Bonchev–Trinajstić information content (AvgIpc) is 2.84. The monoisotopic (exact) mass is 300 g/mol. The van der Waals surface area contributed by atoms with E-state index in [1.807, 2.05) is 25.1 Å². The lowest BCUT2D eigenvalue weighted by molar-refractivity contribution is -0.00263. The summed E-state index contributed by atoms with van der Waals surface area (Å²) in [6.07, 6.45) is 1.33. The van der Waals surface area contributed by atoms with E-state index in [0.29, 0.717) is 6.61 Å². The van der Waals surface area contributed by atoms with Crippen molar-refractivity contribution in [3.63, 3.8) is 0 Å². The van der Waals surface area contributed by atoms with Gasteiger partial charge in [-0.3, -0.25) is 0 Å². The van der Waals surface area contributed by atoms with E-state index in [2.05, 4.69) is 15.9 Å². The molecular formula is C13H17BrO3. The van der Waals surface area contributed by atoms with Crippen LogP contribution in [0, 0.1) is 0 Å². The van der Waals surface area contributed by atoms with Crippen LogP contribution >= 0.6 is 15.9 Å². The Morgan fingerprint density at radius 2 is 2.41 bits per heavy atom. The molecule has 1 aliphatic heterocycles. The lowest BCUT2D eigenvalue weighted by Gasteiger charge is -2.18. The van der Waals surface area contributed by atoms with Crippen LogP contribution in [0.3, 0.4) is 0 Å². The SMILES string of the molecule is CCOc1ccc(C(O)C2CCCO2)cc1Br. The Hall–Kier alpha value is -0.580. The maximum atomic E-state index is 10.2. The first-order valence-electron chi connectivity index (χ1n) is 5.94. The van der Waals surface area contributed by atoms with Gasteiger partial charge >= 0.3 is 0 Å². The van der Waals surface area contributed by atoms with Gasteiger partial charge in [-0.15, -0.1) is 0 Å². The van der Waals surface area contributed by atoms with E-state index in [0.717, 1.165) is 35.2 Å². The van der Waals surface area contributed by atoms with Crippen molar-refractivity contribution in [2.75, 3.05) is 13.2 Å². The number of rotatable bonds is 4. The van der Waals surface area contributed by atoms with Crippen molar-refractivity contribution in [1.29, 1.82) is 0 Å². The Morgan fingerprint density at radius 3 is 3.00 bits per heavy atom. The zero-order valence-electron chi connectivity index (χ0n) is 9.86. The summed E-state index contributed by atoms with van der Waals surface area (Å²) in [4.78, 5) is 0. The van der Waals surface area contributed by atoms with Crippen LogP contribution in [0.5, 0.6) is 5.75 Å². The van der Waals surface area contributed by atoms with Gasteiger partial charge in [-0.25, -0.2) is 0 Å². The molecule has 1 heterocycles. The first-order valence-corrected chi connectivity index (χ1v) is 6.73. The fraction of sp³-hybridized carbons (Fsp3) is 0.538. The molecule has 0 saturated carbocycles. The lowest BCUT2D eigenvalue weighted by atomic mass is 10.0. The van der Waals surface area contributed by atoms with Gasteiger partial charge in [-0.2, -0.15) is 0 Å². The number of benzene rings is 1. The van der Waals surface area contributed by atoms with Crippen molar-refractivity contribution in [3.8, 4) is 5.75 Å². The molecule has 0 spiro atoms. The molecule has 0 bridgehead atoms. The number of aliphatic hydroxyl groups excluding tert-OH is 1. The molecule has 1 fully saturated rings. The largest absolute Gasteiger partial charge is 0.493 e. The third kappa shape index (κ3) is 3.00. The predicted octanol–water partition coefficient (Wildman–Crippen LogP) is 3.06. The molecule has 0 amide bonds. The van der Waals surface area contributed by atoms with Crippen molar-refractivity contribution in [2.24, 2.45) is 0 Å². The molecule has 2 atom stereocenters. The van der Waals surface area contributed by atoms with Crippen LogP contribution in [0.2, 0.25) is 0 Å². The molecule has 2 unspecified atom stereocenters. The molecule has 1 N–H and O–H groups in total. The minimum Gasteiger partial charge on any atom is -0.493 e. The molecule has 1 aromatic carbocycles. The molecule has 3 nitrogen and oxygen atoms in total. The number of aliphatic hydroxyl groups is 1. The maximum Gasteiger partial charge on any atom is 0.133 e. The summed E-state index contributed by atoms with van der Waals surface area (Å²) in [6.45, 7) is 3.33. The van der Waals surface area contributed by atoms with Crippen LogP contribution in [-0.4, -0.2) is 24.4 Å². The average molecular weight is 301 g/mol. The summed E-state index contributed by atoms with van der Waals surface area (Å²) < 4.78 is 11.8. The van der Waals surface area contributed by atoms with Crippen LogP contribution < -0.4 is 4.74 Å². The molecule has 2 rings (SSSR count). The zero-order chi connectivity index (χ0) is 12.3. The van der Waals surface area contributed by atoms with E-state index >= 15 is 0 Å². The van der Waals surface area contributed by atoms with Gasteiger partial charge in [-0.1, -0.05) is 6.07 Å². The molecular weight excluding hydrogens is 284 g/mol. The normalized spacial score (nSPS) is 21.5. The zero-order valence-corrected chi connectivity index (χ0v) is 11.4. The van der Waals surface area contributed by atoms with Gasteiger partial charge < -0.3 is 14.6 Å². The molecule has 0 aliphatic carbocycles. The Morgan fingerprint density at radius 1 is 1.59 bits per heavy atom. The van der Waals surface area contributed by atoms with Crippen LogP contribution in [0.25, 0.3) is 0 Å². The smallest absolute Gasteiger partial charge is 0.133 e. The van der Waals surface area contributed by atoms with E-state index in [1.165, 1.54) is 0 Å². The molecule has 0 radical (unpaired) electrons. The Balaban J connectivity index is 2.12. The van der Waals surface area contributed by atoms with Crippen LogP contribution in [-0.2, 0) is 4.74 Å². The number of hydrogen-bond acceptors (Lipinski definition) is 3. The second kappa shape index (κ2) is 5.85. The van der Waals surface area contributed by atoms with Gasteiger partial charge in [0.25, 0.3) is 0 Å². The van der Waals surface area contributed by atoms with Crippen molar-refractivity contribution in [1.82, 2.24) is 0 Å². The lowest BCUT2D eigenvalue weighted by Crippen LogP contribution is -2.17. The van der Waals surface area contributed by atoms with Gasteiger partial charge in [0.1, 0.15) is 11.9 Å². The van der Waals surface area contributed by atoms with Gasteiger partial charge in [0.15, 0.2) is 0 Å². The molecule has 1 aliphatic rings. The second-order valence-corrected chi connectivity index (χ2v) is 4.97. The summed E-state index contributed by atoms with van der Waals surface area (Å²) in [5.74, 6) is 0.802. The molecule has 4 heteroatoms. The topological polar surface area (TPSA) is 38.7 Å². The van der Waals surface area contributed by atoms with E-state index in [4.69, 9.17) is 9.47 Å². The first kappa shape index (κ1) is 12.9. The third-order valence-electron chi connectivity index (χ3n) is 2.91. The van der Waals surface area contributed by atoms with Gasteiger partial charge in [0.2, 0.25) is 0 Å². The minimum absolute atomic E-state index is 0.0696. The predicted molar refractivity (Wildman–Crippen MR) is 69.2 cm³/mol. The summed E-state index contributed by atoms with van der Waals surface area (Å²) in [5, 5.41) is 10.2. The minimum atomic E-state index is -0.551. The molecule has 0 aromatic heterocycles. The van der Waals surface area contributed by atoms with Crippen LogP contribution in [0.1, 0.15) is 31.4 Å². The summed E-state index contributed by atoms with van der Waals surface area (Å²) in [7, 11) is 0. The number of ether oxygens (including phenoxy) is 2. The van der Waals surface area contributed by atoms with Gasteiger partial charge in [0, 0.05) is 6.61 Å². The maximum absolute atomic E-state index is 10.2. The van der Waals surface area contributed by atoms with Crippen molar-refractivity contribution in [3.05, 3.63) is 28.2 Å². The molecule has 1 aromatic rings. The second-order valence-electron chi connectivity index (χ2n) is 4.12. The number of hydrogen-bond donors (Lipinski definition) is 1. The Bertz CT molecular complexity index is 375.